The first kappa shape index (κ1) is 23.8. The molecule has 0 bridgehead atoms. The molecule has 0 fully saturated rings. The number of methoxy groups -OCH3 is 1. The van der Waals surface area contributed by atoms with E-state index >= 15 is 4.39 Å². The number of nitrogens with two attached hydrogens (primary N) is 1. The number of ether oxygens (including phenoxy) is 1. The Morgan fingerprint density at radius 1 is 1.42 bits per heavy atom. The van der Waals surface area contributed by atoms with Crippen LogP contribution < -0.4 is 16.0 Å². The van der Waals surface area contributed by atoms with E-state index in [2.05, 4.69) is 23.5 Å². The van der Waals surface area contributed by atoms with Crippen LogP contribution in [-0.4, -0.2) is 33.0 Å². The van der Waals surface area contributed by atoms with Gasteiger partial charge in [-0.15, -0.1) is 0 Å². The summed E-state index contributed by atoms with van der Waals surface area (Å²) >= 11 is 6.10. The number of benzene rings is 1. The monoisotopic (exact) mass is 446 g/mol. The van der Waals surface area contributed by atoms with E-state index in [0.29, 0.717) is 5.76 Å². The summed E-state index contributed by atoms with van der Waals surface area (Å²) in [6, 6.07) is 6.45. The first-order chi connectivity index (χ1) is 14.7. The van der Waals surface area contributed by atoms with Gasteiger partial charge in [-0.2, -0.15) is 0 Å². The van der Waals surface area contributed by atoms with Crippen molar-refractivity contribution in [2.45, 2.75) is 6.54 Å². The van der Waals surface area contributed by atoms with Gasteiger partial charge in [-0.05, 0) is 24.3 Å². The molecule has 1 aromatic carbocycles. The molecule has 31 heavy (non-hydrogen) atoms. The lowest BCUT2D eigenvalue weighted by Crippen LogP contribution is -2.27. The Morgan fingerprint density at radius 2 is 2.13 bits per heavy atom. The molecule has 0 saturated carbocycles. The van der Waals surface area contributed by atoms with E-state index in [1.165, 1.54) is 31.6 Å². The first-order valence-electron chi connectivity index (χ1n) is 9.10. The molecule has 9 heteroatoms. The normalized spacial score (nSPS) is 12.1. The number of halogens is 2. The van der Waals surface area contributed by atoms with Crippen molar-refractivity contribution in [2.24, 2.45) is 10.7 Å². The summed E-state index contributed by atoms with van der Waals surface area (Å²) in [5.41, 5.74) is 6.54. The maximum absolute atomic E-state index is 15.0. The van der Waals surface area contributed by atoms with Gasteiger partial charge in [0.1, 0.15) is 17.3 Å². The van der Waals surface area contributed by atoms with Crippen LogP contribution >= 0.6 is 11.6 Å². The molecule has 2 rings (SSSR count). The molecule has 0 spiro atoms. The Hall–Kier alpha value is -3.52. The minimum absolute atomic E-state index is 0.0117. The Morgan fingerprint density at radius 3 is 2.68 bits per heavy atom. The van der Waals surface area contributed by atoms with E-state index < -0.39 is 11.8 Å². The van der Waals surface area contributed by atoms with Crippen LogP contribution in [0.25, 0.3) is 5.70 Å². The molecule has 164 valence electrons. The predicted molar refractivity (Wildman–Crippen MR) is 121 cm³/mol. The standard InChI is InChI=1S/C22H24ClFN4O3/c1-6-15(21(25)26-12-14-8-7-11-31-14)19(22(29)30-5)27-13(2)16-9-10-17(23)20(18(16)24)28(3)4/h6-11,27H,1-2,12H2,3-5H3,(H2,25,26). The highest BCUT2D eigenvalue weighted by Crippen LogP contribution is 2.32. The summed E-state index contributed by atoms with van der Waals surface area (Å²) in [5, 5.41) is 3.03. The van der Waals surface area contributed by atoms with Gasteiger partial charge in [-0.25, -0.2) is 9.18 Å². The van der Waals surface area contributed by atoms with Crippen molar-refractivity contribution in [2.75, 3.05) is 26.1 Å². The maximum Gasteiger partial charge on any atom is 0.355 e. The van der Waals surface area contributed by atoms with Gasteiger partial charge in [0, 0.05) is 30.9 Å². The van der Waals surface area contributed by atoms with Crippen molar-refractivity contribution in [1.82, 2.24) is 5.32 Å². The average Bonchev–Trinajstić information content (AvgIpc) is 3.24. The number of amidine groups is 1. The summed E-state index contributed by atoms with van der Waals surface area (Å²) in [6.45, 7) is 7.70. The Labute approximate surface area is 185 Å². The molecule has 1 heterocycles. The maximum atomic E-state index is 15.0. The van der Waals surface area contributed by atoms with Gasteiger partial charge in [0.05, 0.1) is 30.6 Å². The molecule has 3 N–H and O–H groups in total. The molecular weight excluding hydrogens is 423 g/mol. The van der Waals surface area contributed by atoms with Crippen LogP contribution in [0.5, 0.6) is 0 Å². The third-order valence-electron chi connectivity index (χ3n) is 4.24. The second-order valence-corrected chi connectivity index (χ2v) is 6.93. The van der Waals surface area contributed by atoms with Gasteiger partial charge in [0.15, 0.2) is 5.82 Å². The van der Waals surface area contributed by atoms with Gasteiger partial charge in [0.25, 0.3) is 0 Å². The molecule has 0 saturated heterocycles. The van der Waals surface area contributed by atoms with Crippen LogP contribution in [0.3, 0.4) is 0 Å². The number of rotatable bonds is 9. The molecule has 2 aromatic rings. The smallest absolute Gasteiger partial charge is 0.355 e. The SMILES string of the molecule is C=CC(C(N)=NCc1ccco1)=C(NC(=C)c1ccc(Cl)c(N(C)C)c1F)C(=O)OC. The number of aliphatic imine (C=N–C) groups is 1. The fourth-order valence-electron chi connectivity index (χ4n) is 2.72. The number of esters is 1. The molecule has 0 amide bonds. The largest absolute Gasteiger partial charge is 0.467 e. The molecule has 7 nitrogen and oxygen atoms in total. The molecule has 0 aliphatic rings. The fraction of sp³-hybridized carbons (Fsp3) is 0.182. The lowest BCUT2D eigenvalue weighted by atomic mass is 10.1. The zero-order valence-electron chi connectivity index (χ0n) is 17.5. The number of anilines is 1. The van der Waals surface area contributed by atoms with E-state index in [4.69, 9.17) is 26.5 Å². The molecule has 0 atom stereocenters. The summed E-state index contributed by atoms with van der Waals surface area (Å²) in [5.74, 6) is -0.756. The van der Waals surface area contributed by atoms with Gasteiger partial charge in [-0.1, -0.05) is 30.8 Å². The Bertz CT molecular complexity index is 1040. The molecule has 0 unspecified atom stereocenters. The minimum Gasteiger partial charge on any atom is -0.467 e. The summed E-state index contributed by atoms with van der Waals surface area (Å²) in [6.07, 6.45) is 2.86. The average molecular weight is 447 g/mol. The molecule has 0 radical (unpaired) electrons. The van der Waals surface area contributed by atoms with E-state index in [1.54, 1.807) is 31.1 Å². The number of carbonyl (C=O) groups is 1. The van der Waals surface area contributed by atoms with Gasteiger partial charge in [0.2, 0.25) is 0 Å². The third-order valence-corrected chi connectivity index (χ3v) is 4.54. The number of nitrogens with one attached hydrogen (secondary N) is 1. The second kappa shape index (κ2) is 10.5. The first-order valence-corrected chi connectivity index (χ1v) is 9.48. The van der Waals surface area contributed by atoms with Crippen LogP contribution in [0.4, 0.5) is 10.1 Å². The van der Waals surface area contributed by atoms with Crippen molar-refractivity contribution in [3.63, 3.8) is 0 Å². The fourth-order valence-corrected chi connectivity index (χ4v) is 3.03. The number of hydrogen-bond acceptors (Lipinski definition) is 6. The number of carbonyl (C=O) groups excluding carboxylic acids is 1. The highest BCUT2D eigenvalue weighted by atomic mass is 35.5. The lowest BCUT2D eigenvalue weighted by Gasteiger charge is -2.20. The van der Waals surface area contributed by atoms with Crippen LogP contribution in [-0.2, 0) is 16.1 Å². The Kier molecular flexibility index (Phi) is 8.04. The van der Waals surface area contributed by atoms with E-state index in [1.807, 2.05) is 0 Å². The van der Waals surface area contributed by atoms with Crippen molar-refractivity contribution in [3.8, 4) is 0 Å². The lowest BCUT2D eigenvalue weighted by molar-refractivity contribution is -0.136. The summed E-state index contributed by atoms with van der Waals surface area (Å²) in [4.78, 5) is 18.2. The highest BCUT2D eigenvalue weighted by molar-refractivity contribution is 6.33. The van der Waals surface area contributed by atoms with Gasteiger partial charge >= 0.3 is 5.97 Å². The minimum atomic E-state index is -0.755. The number of nitrogens with zero attached hydrogens (tertiary/aromatic N) is 2. The van der Waals surface area contributed by atoms with Gasteiger partial charge in [-0.3, -0.25) is 4.99 Å². The zero-order valence-corrected chi connectivity index (χ0v) is 18.3. The van der Waals surface area contributed by atoms with Crippen molar-refractivity contribution in [1.29, 1.82) is 0 Å². The van der Waals surface area contributed by atoms with E-state index in [-0.39, 0.29) is 45.6 Å². The van der Waals surface area contributed by atoms with Crippen LogP contribution in [0.15, 0.2) is 70.4 Å². The van der Waals surface area contributed by atoms with E-state index in [9.17, 15) is 4.79 Å². The van der Waals surface area contributed by atoms with Crippen molar-refractivity contribution >= 4 is 34.8 Å². The van der Waals surface area contributed by atoms with Crippen LogP contribution in [0.1, 0.15) is 11.3 Å². The molecule has 0 aliphatic heterocycles. The zero-order chi connectivity index (χ0) is 23.1. The van der Waals surface area contributed by atoms with Crippen LogP contribution in [0, 0.1) is 5.82 Å². The quantitative estimate of drug-likeness (QED) is 0.200. The highest BCUT2D eigenvalue weighted by Gasteiger charge is 2.21. The van der Waals surface area contributed by atoms with Crippen molar-refractivity contribution in [3.05, 3.63) is 83.2 Å². The van der Waals surface area contributed by atoms with Gasteiger partial charge < -0.3 is 25.1 Å². The predicted octanol–water partition coefficient (Wildman–Crippen LogP) is 3.87. The van der Waals surface area contributed by atoms with E-state index in [0.717, 1.165) is 0 Å². The van der Waals surface area contributed by atoms with Crippen molar-refractivity contribution < 1.29 is 18.3 Å². The Balaban J connectivity index is 2.45. The molecule has 0 aliphatic carbocycles. The third kappa shape index (κ3) is 5.55. The topological polar surface area (TPSA) is 93.1 Å². The molecule has 1 aromatic heterocycles. The second-order valence-electron chi connectivity index (χ2n) is 6.52. The summed E-state index contributed by atoms with van der Waals surface area (Å²) in [7, 11) is 4.53. The summed E-state index contributed by atoms with van der Waals surface area (Å²) < 4.78 is 25.1. The number of hydrogen-bond donors (Lipinski definition) is 2. The number of furan rings is 1. The molecular formula is C22H24ClFN4O3. The van der Waals surface area contributed by atoms with Crippen LogP contribution in [0.2, 0.25) is 5.02 Å².